The minimum atomic E-state index is -1.22. The van der Waals surface area contributed by atoms with Gasteiger partial charge in [0.1, 0.15) is 23.1 Å². The Morgan fingerprint density at radius 2 is 1.87 bits per heavy atom. The Balaban J connectivity index is 1.78. The average Bonchev–Trinajstić information content (AvgIpc) is 3.07. The third kappa shape index (κ3) is 3.55. The van der Waals surface area contributed by atoms with E-state index in [1.54, 1.807) is 41.2 Å². The SMILES string of the molecule is Nc1nc(-c2nn(Cc3ccccc3F)c3ncccc23)nc(N)c1CNC(=O)O. The van der Waals surface area contributed by atoms with Crippen molar-refractivity contribution in [3.63, 3.8) is 0 Å². The molecule has 0 atom stereocenters. The Morgan fingerprint density at radius 3 is 2.57 bits per heavy atom. The van der Waals surface area contributed by atoms with Crippen molar-refractivity contribution in [2.45, 2.75) is 13.1 Å². The lowest BCUT2D eigenvalue weighted by Gasteiger charge is -2.09. The molecule has 0 saturated carbocycles. The van der Waals surface area contributed by atoms with Gasteiger partial charge in [0, 0.05) is 11.8 Å². The van der Waals surface area contributed by atoms with Crippen molar-refractivity contribution < 1.29 is 14.3 Å². The van der Waals surface area contributed by atoms with E-state index in [9.17, 15) is 9.18 Å². The molecule has 0 radical (unpaired) electrons. The van der Waals surface area contributed by atoms with Crippen molar-refractivity contribution in [1.29, 1.82) is 0 Å². The molecule has 0 aliphatic heterocycles. The van der Waals surface area contributed by atoms with Crippen LogP contribution in [-0.2, 0) is 13.1 Å². The molecule has 0 bridgehead atoms. The first-order valence-electron chi connectivity index (χ1n) is 8.88. The van der Waals surface area contributed by atoms with Gasteiger partial charge in [0.05, 0.1) is 24.0 Å². The van der Waals surface area contributed by atoms with Crippen LogP contribution in [0, 0.1) is 5.82 Å². The minimum Gasteiger partial charge on any atom is -0.465 e. The smallest absolute Gasteiger partial charge is 0.404 e. The molecule has 0 saturated heterocycles. The quantitative estimate of drug-likeness (QED) is 0.390. The standard InChI is InChI=1S/C19H17FN8O2/c20-13-6-2-1-4-10(13)9-28-18-11(5-3-7-23-18)14(27-28)17-25-15(21)12(16(22)26-17)8-24-19(29)30/h1-7,24H,8-9H2,(H,29,30)(H4,21,22,25,26). The van der Waals surface area contributed by atoms with E-state index in [4.69, 9.17) is 16.6 Å². The van der Waals surface area contributed by atoms with Crippen LogP contribution >= 0.6 is 0 Å². The highest BCUT2D eigenvalue weighted by Gasteiger charge is 2.19. The predicted octanol–water partition coefficient (Wildman–Crippen LogP) is 2.01. The number of nitrogen functional groups attached to an aromatic ring is 2. The number of amides is 1. The van der Waals surface area contributed by atoms with Gasteiger partial charge in [-0.05, 0) is 18.2 Å². The summed E-state index contributed by atoms with van der Waals surface area (Å²) in [5, 5.41) is 16.1. The third-order valence-corrected chi connectivity index (χ3v) is 4.48. The van der Waals surface area contributed by atoms with Gasteiger partial charge in [-0.2, -0.15) is 5.10 Å². The molecule has 11 heteroatoms. The van der Waals surface area contributed by atoms with Crippen molar-refractivity contribution in [1.82, 2.24) is 30.0 Å². The van der Waals surface area contributed by atoms with E-state index in [1.165, 1.54) is 6.07 Å². The molecule has 0 aliphatic carbocycles. The van der Waals surface area contributed by atoms with Crippen LogP contribution in [0.3, 0.4) is 0 Å². The highest BCUT2D eigenvalue weighted by molar-refractivity contribution is 5.89. The topological polar surface area (TPSA) is 158 Å². The summed E-state index contributed by atoms with van der Waals surface area (Å²) in [5.41, 5.74) is 13.6. The number of aromatic nitrogens is 5. The lowest BCUT2D eigenvalue weighted by Crippen LogP contribution is -2.22. The number of benzene rings is 1. The maximum absolute atomic E-state index is 14.1. The zero-order chi connectivity index (χ0) is 21.3. The third-order valence-electron chi connectivity index (χ3n) is 4.48. The number of fused-ring (bicyclic) bond motifs is 1. The lowest BCUT2D eigenvalue weighted by atomic mass is 10.2. The van der Waals surface area contributed by atoms with E-state index in [2.05, 4.69) is 25.4 Å². The summed E-state index contributed by atoms with van der Waals surface area (Å²) in [6.07, 6.45) is 0.387. The maximum atomic E-state index is 14.1. The molecule has 10 nitrogen and oxygen atoms in total. The Hall–Kier alpha value is -4.28. The van der Waals surface area contributed by atoms with E-state index < -0.39 is 6.09 Å². The van der Waals surface area contributed by atoms with Crippen molar-refractivity contribution in [3.05, 3.63) is 59.5 Å². The van der Waals surface area contributed by atoms with Crippen LogP contribution in [0.2, 0.25) is 0 Å². The molecule has 0 unspecified atom stereocenters. The molecule has 30 heavy (non-hydrogen) atoms. The fourth-order valence-corrected chi connectivity index (χ4v) is 3.04. The summed E-state index contributed by atoms with van der Waals surface area (Å²) in [5.74, 6) is -0.119. The maximum Gasteiger partial charge on any atom is 0.404 e. The lowest BCUT2D eigenvalue weighted by molar-refractivity contribution is 0.194. The van der Waals surface area contributed by atoms with Gasteiger partial charge in [-0.3, -0.25) is 0 Å². The molecule has 1 amide bonds. The van der Waals surface area contributed by atoms with Gasteiger partial charge >= 0.3 is 6.09 Å². The van der Waals surface area contributed by atoms with Gasteiger partial charge in [0.15, 0.2) is 11.5 Å². The fraction of sp³-hybridized carbons (Fsp3) is 0.105. The molecule has 152 valence electrons. The van der Waals surface area contributed by atoms with Crippen LogP contribution in [-0.4, -0.2) is 35.9 Å². The first-order valence-corrected chi connectivity index (χ1v) is 8.88. The number of halogens is 1. The Morgan fingerprint density at radius 1 is 1.13 bits per heavy atom. The van der Waals surface area contributed by atoms with Crippen LogP contribution in [0.15, 0.2) is 42.6 Å². The molecule has 0 aliphatic rings. The first kappa shape index (κ1) is 19.1. The second-order valence-electron chi connectivity index (χ2n) is 6.43. The largest absolute Gasteiger partial charge is 0.465 e. The highest BCUT2D eigenvalue weighted by atomic mass is 19.1. The van der Waals surface area contributed by atoms with Crippen LogP contribution < -0.4 is 16.8 Å². The molecular formula is C19H17FN8O2. The molecular weight excluding hydrogens is 391 g/mol. The molecule has 0 fully saturated rings. The number of rotatable bonds is 5. The molecule has 4 rings (SSSR count). The summed E-state index contributed by atoms with van der Waals surface area (Å²) < 4.78 is 15.7. The van der Waals surface area contributed by atoms with Crippen LogP contribution in [0.25, 0.3) is 22.6 Å². The van der Waals surface area contributed by atoms with Gasteiger partial charge in [-0.1, -0.05) is 18.2 Å². The molecule has 0 spiro atoms. The number of pyridine rings is 1. The number of hydrogen-bond donors (Lipinski definition) is 4. The van der Waals surface area contributed by atoms with E-state index in [0.29, 0.717) is 22.3 Å². The van der Waals surface area contributed by atoms with Crippen molar-refractivity contribution >= 4 is 28.8 Å². The van der Waals surface area contributed by atoms with Crippen LogP contribution in [0.4, 0.5) is 20.8 Å². The summed E-state index contributed by atoms with van der Waals surface area (Å²) in [6.45, 7) is 0.0308. The number of nitrogens with zero attached hydrogens (tertiary/aromatic N) is 5. The molecule has 6 N–H and O–H groups in total. The molecule has 3 aromatic heterocycles. The van der Waals surface area contributed by atoms with Gasteiger partial charge in [0.2, 0.25) is 0 Å². The van der Waals surface area contributed by atoms with Crippen LogP contribution in [0.1, 0.15) is 11.1 Å². The number of hydrogen-bond acceptors (Lipinski definition) is 7. The van der Waals surface area contributed by atoms with Gasteiger partial charge in [0.25, 0.3) is 0 Å². The van der Waals surface area contributed by atoms with Gasteiger partial charge in [-0.15, -0.1) is 0 Å². The highest BCUT2D eigenvalue weighted by Crippen LogP contribution is 2.28. The Labute approximate surface area is 169 Å². The van der Waals surface area contributed by atoms with Gasteiger partial charge in [-0.25, -0.2) is 28.8 Å². The first-order chi connectivity index (χ1) is 14.4. The van der Waals surface area contributed by atoms with Crippen LogP contribution in [0.5, 0.6) is 0 Å². The Kier molecular flexibility index (Phi) is 4.84. The summed E-state index contributed by atoms with van der Waals surface area (Å²) in [7, 11) is 0. The van der Waals surface area contributed by atoms with E-state index >= 15 is 0 Å². The second kappa shape index (κ2) is 7.62. The van der Waals surface area contributed by atoms with E-state index in [-0.39, 0.29) is 41.9 Å². The number of anilines is 2. The monoisotopic (exact) mass is 408 g/mol. The number of nitrogens with one attached hydrogen (secondary N) is 1. The summed E-state index contributed by atoms with van der Waals surface area (Å²) >= 11 is 0. The van der Waals surface area contributed by atoms with Crippen molar-refractivity contribution in [2.24, 2.45) is 0 Å². The summed E-state index contributed by atoms with van der Waals surface area (Å²) in [4.78, 5) is 23.6. The predicted molar refractivity (Wildman–Crippen MR) is 108 cm³/mol. The van der Waals surface area contributed by atoms with Crippen molar-refractivity contribution in [3.8, 4) is 11.5 Å². The summed E-state index contributed by atoms with van der Waals surface area (Å²) in [6, 6.07) is 9.93. The van der Waals surface area contributed by atoms with E-state index in [0.717, 1.165) is 0 Å². The number of carboxylic acid groups (broad SMARTS) is 1. The normalized spacial score (nSPS) is 11.0. The second-order valence-corrected chi connectivity index (χ2v) is 6.43. The fourth-order valence-electron chi connectivity index (χ4n) is 3.04. The number of nitrogens with two attached hydrogens (primary N) is 2. The zero-order valence-electron chi connectivity index (χ0n) is 15.6. The average molecular weight is 408 g/mol. The molecule has 1 aromatic carbocycles. The molecule has 4 aromatic rings. The zero-order valence-corrected chi connectivity index (χ0v) is 15.6. The Bertz CT molecular complexity index is 1230. The molecule has 3 heterocycles. The van der Waals surface area contributed by atoms with E-state index in [1.807, 2.05) is 0 Å². The number of carbonyl (C=O) groups is 1. The van der Waals surface area contributed by atoms with Gasteiger partial charge < -0.3 is 21.9 Å². The van der Waals surface area contributed by atoms with Crippen molar-refractivity contribution in [2.75, 3.05) is 11.5 Å². The minimum absolute atomic E-state index is 0.0342.